The summed E-state index contributed by atoms with van der Waals surface area (Å²) in [6.07, 6.45) is 8.63. The van der Waals surface area contributed by atoms with Crippen molar-refractivity contribution < 1.29 is 5.11 Å². The van der Waals surface area contributed by atoms with Gasteiger partial charge >= 0.3 is 0 Å². The Kier molecular flexibility index (Phi) is 4.55. The van der Waals surface area contributed by atoms with Gasteiger partial charge in [-0.1, -0.05) is 18.2 Å². The van der Waals surface area contributed by atoms with Crippen LogP contribution in [-0.4, -0.2) is 25.8 Å². The lowest BCUT2D eigenvalue weighted by Gasteiger charge is -2.17. The number of fused-ring (bicyclic) bond motifs is 1. The minimum atomic E-state index is -0.170. The van der Waals surface area contributed by atoms with Crippen LogP contribution in [0.25, 0.3) is 16.8 Å². The monoisotopic (exact) mass is 333 g/mol. The molecule has 0 aromatic carbocycles. The van der Waals surface area contributed by atoms with E-state index in [1.165, 1.54) is 27.3 Å². The van der Waals surface area contributed by atoms with E-state index >= 15 is 0 Å². The summed E-state index contributed by atoms with van der Waals surface area (Å²) in [6.45, 7) is 4.19. The maximum absolute atomic E-state index is 11.8. The fourth-order valence-corrected chi connectivity index (χ4v) is 2.72. The Balaban J connectivity index is 0.000000213. The van der Waals surface area contributed by atoms with E-state index in [0.717, 1.165) is 5.82 Å². The van der Waals surface area contributed by atoms with Gasteiger partial charge in [0, 0.05) is 25.0 Å². The first-order valence-corrected chi connectivity index (χ1v) is 7.99. The largest absolute Gasteiger partial charge is 0.395 e. The summed E-state index contributed by atoms with van der Waals surface area (Å²) in [6, 6.07) is 9.78. The first kappa shape index (κ1) is 16.7. The van der Waals surface area contributed by atoms with Gasteiger partial charge in [-0.15, -0.1) is 6.42 Å². The fraction of sp³-hybridized carbons (Fsp3) is 0.200. The number of imidazole rings is 1. The molecule has 5 heteroatoms. The quantitative estimate of drug-likeness (QED) is 0.585. The van der Waals surface area contributed by atoms with Crippen molar-refractivity contribution >= 4 is 0 Å². The van der Waals surface area contributed by atoms with Crippen molar-refractivity contribution in [3.05, 3.63) is 70.2 Å². The zero-order valence-electron chi connectivity index (χ0n) is 14.2. The molecule has 2 heterocycles. The Bertz CT molecular complexity index is 1020. The van der Waals surface area contributed by atoms with E-state index < -0.39 is 0 Å². The van der Waals surface area contributed by atoms with E-state index in [1.54, 1.807) is 23.0 Å². The summed E-state index contributed by atoms with van der Waals surface area (Å²) in [4.78, 5) is 15.9. The highest BCUT2D eigenvalue weighted by Crippen LogP contribution is 2.35. The number of terminal acetylenes is 1. The number of aliphatic hydroxyl groups is 1. The van der Waals surface area contributed by atoms with Gasteiger partial charge in [-0.05, 0) is 42.5 Å². The van der Waals surface area contributed by atoms with Crippen LogP contribution >= 0.6 is 0 Å². The third-order valence-corrected chi connectivity index (χ3v) is 4.17. The van der Waals surface area contributed by atoms with Gasteiger partial charge in [0.1, 0.15) is 11.5 Å². The summed E-state index contributed by atoms with van der Waals surface area (Å²) >= 11 is 0. The third-order valence-electron chi connectivity index (χ3n) is 4.17. The molecule has 25 heavy (non-hydrogen) atoms. The molecular formula is C20H19N3O2. The maximum Gasteiger partial charge on any atom is 0.252 e. The number of rotatable bonds is 3. The minimum absolute atomic E-state index is 0.0649. The van der Waals surface area contributed by atoms with E-state index in [-0.39, 0.29) is 18.7 Å². The van der Waals surface area contributed by atoms with Gasteiger partial charge in [0.2, 0.25) is 0 Å². The van der Waals surface area contributed by atoms with Crippen LogP contribution < -0.4 is 5.56 Å². The molecule has 0 amide bonds. The van der Waals surface area contributed by atoms with Crippen LogP contribution in [0.2, 0.25) is 0 Å². The van der Waals surface area contributed by atoms with E-state index in [4.69, 9.17) is 11.5 Å². The Labute approximate surface area is 146 Å². The summed E-state index contributed by atoms with van der Waals surface area (Å²) in [5.41, 5.74) is 5.43. The average molecular weight is 333 g/mol. The van der Waals surface area contributed by atoms with E-state index in [2.05, 4.69) is 36.0 Å². The smallest absolute Gasteiger partial charge is 0.252 e. The topological polar surface area (TPSA) is 60.0 Å². The zero-order chi connectivity index (χ0) is 18.0. The lowest BCUT2D eigenvalue weighted by atomic mass is 9.88. The predicted molar refractivity (Wildman–Crippen MR) is 97.8 cm³/mol. The molecule has 0 unspecified atom stereocenters. The van der Waals surface area contributed by atoms with Gasteiger partial charge in [-0.3, -0.25) is 4.79 Å². The molecule has 2 aliphatic rings. The number of benzene rings is 1. The highest BCUT2D eigenvalue weighted by molar-refractivity contribution is 5.80. The summed E-state index contributed by atoms with van der Waals surface area (Å²) in [7, 11) is 0. The predicted octanol–water partition coefficient (Wildman–Crippen LogP) is 2.29. The number of hydrogen-bond donors (Lipinski definition) is 1. The number of nitrogens with zero attached hydrogens (tertiary/aromatic N) is 3. The Morgan fingerprint density at radius 3 is 2.44 bits per heavy atom. The molecule has 0 saturated carbocycles. The Morgan fingerprint density at radius 1 is 1.24 bits per heavy atom. The molecule has 4 rings (SSSR count). The van der Waals surface area contributed by atoms with Crippen LogP contribution in [0.15, 0.2) is 47.5 Å². The molecule has 2 aromatic rings. The maximum atomic E-state index is 11.8. The van der Waals surface area contributed by atoms with Gasteiger partial charge in [0.25, 0.3) is 5.56 Å². The number of aromatic nitrogens is 3. The van der Waals surface area contributed by atoms with Gasteiger partial charge in [-0.2, -0.15) is 0 Å². The molecular weight excluding hydrogens is 314 g/mol. The van der Waals surface area contributed by atoms with E-state index in [1.807, 2.05) is 6.92 Å². The SMILES string of the molecule is C#Cc1cn(-c2ccn(CCO)c(=O)c2)c(C)n1.Cc1cc2ccc1-2. The second-order valence-electron chi connectivity index (χ2n) is 5.86. The standard InChI is InChI=1S/C13H13N3O2.C7H6/c1-3-11-9-16(10(2)14-11)12-4-5-15(6-7-17)13(18)8-12;1-5-4-6-2-3-7(5)6/h1,4-5,8-9,17H,6-7H2,2H3;2-4H,1H3. The van der Waals surface area contributed by atoms with E-state index in [9.17, 15) is 4.79 Å². The van der Waals surface area contributed by atoms with Crippen LogP contribution in [0.3, 0.4) is 0 Å². The normalized spacial score (nSPS) is 10.6. The van der Waals surface area contributed by atoms with Crippen LogP contribution in [0, 0.1) is 26.2 Å². The molecule has 0 saturated heterocycles. The zero-order valence-corrected chi connectivity index (χ0v) is 14.2. The van der Waals surface area contributed by atoms with Crippen LogP contribution in [0.5, 0.6) is 0 Å². The molecule has 0 aliphatic heterocycles. The van der Waals surface area contributed by atoms with Crippen molar-refractivity contribution in [2.24, 2.45) is 0 Å². The summed E-state index contributed by atoms with van der Waals surface area (Å²) < 4.78 is 3.21. The molecule has 0 atom stereocenters. The van der Waals surface area contributed by atoms with Crippen molar-refractivity contribution in [3.8, 4) is 29.2 Å². The molecule has 1 N–H and O–H groups in total. The van der Waals surface area contributed by atoms with Gasteiger partial charge in [0.05, 0.1) is 12.3 Å². The lowest BCUT2D eigenvalue weighted by molar-refractivity contribution is 0.274. The number of aryl methyl sites for hydroxylation is 2. The molecule has 5 nitrogen and oxygen atoms in total. The number of hydrogen-bond acceptors (Lipinski definition) is 3. The number of aliphatic hydroxyl groups excluding tert-OH is 1. The molecule has 0 spiro atoms. The van der Waals surface area contributed by atoms with Crippen molar-refractivity contribution in [1.29, 1.82) is 0 Å². The van der Waals surface area contributed by atoms with Crippen LogP contribution in [-0.2, 0) is 6.54 Å². The second kappa shape index (κ2) is 6.80. The lowest BCUT2D eigenvalue weighted by Crippen LogP contribution is -2.21. The summed E-state index contributed by atoms with van der Waals surface area (Å²) in [5.74, 6) is 3.18. The Morgan fingerprint density at radius 2 is 2.04 bits per heavy atom. The van der Waals surface area contributed by atoms with Crippen LogP contribution in [0.1, 0.15) is 17.1 Å². The molecule has 0 bridgehead atoms. The van der Waals surface area contributed by atoms with Crippen molar-refractivity contribution in [3.63, 3.8) is 0 Å². The van der Waals surface area contributed by atoms with Crippen molar-refractivity contribution in [2.45, 2.75) is 20.4 Å². The first-order valence-electron chi connectivity index (χ1n) is 7.99. The van der Waals surface area contributed by atoms with Gasteiger partial charge < -0.3 is 14.2 Å². The van der Waals surface area contributed by atoms with Crippen molar-refractivity contribution in [2.75, 3.05) is 6.61 Å². The van der Waals surface area contributed by atoms with Gasteiger partial charge in [0.15, 0.2) is 0 Å². The molecule has 0 radical (unpaired) electrons. The minimum Gasteiger partial charge on any atom is -0.395 e. The molecule has 0 fully saturated rings. The van der Waals surface area contributed by atoms with E-state index in [0.29, 0.717) is 11.4 Å². The highest BCUT2D eigenvalue weighted by Gasteiger charge is 2.11. The van der Waals surface area contributed by atoms with Crippen molar-refractivity contribution in [1.82, 2.24) is 14.1 Å². The van der Waals surface area contributed by atoms with Crippen LogP contribution in [0.4, 0.5) is 0 Å². The molecule has 2 aliphatic carbocycles. The summed E-state index contributed by atoms with van der Waals surface area (Å²) in [5, 5.41) is 8.81. The molecule has 126 valence electrons. The Hall–Kier alpha value is -3.10. The van der Waals surface area contributed by atoms with Gasteiger partial charge in [-0.25, -0.2) is 4.98 Å². The fourth-order valence-electron chi connectivity index (χ4n) is 2.72. The number of pyridine rings is 1. The third kappa shape index (κ3) is 3.25. The first-order chi connectivity index (χ1) is 12.0. The highest BCUT2D eigenvalue weighted by atomic mass is 16.3. The molecule has 2 aromatic heterocycles. The average Bonchev–Trinajstić information content (AvgIpc) is 2.96. The second-order valence-corrected chi connectivity index (χ2v) is 5.86.